The summed E-state index contributed by atoms with van der Waals surface area (Å²) in [6.07, 6.45) is 9.07. The fraction of sp³-hybridized carbons (Fsp3) is 0.100. The minimum atomic E-state index is -0.413. The third kappa shape index (κ3) is 2.52. The zero-order chi connectivity index (χ0) is 17.7. The molecule has 5 rings (SSSR count). The molecule has 0 unspecified atom stereocenters. The Labute approximate surface area is 148 Å². The van der Waals surface area contributed by atoms with Crippen LogP contribution in [0.1, 0.15) is 24.2 Å². The van der Waals surface area contributed by atoms with E-state index in [1.165, 1.54) is 0 Å². The van der Waals surface area contributed by atoms with Gasteiger partial charge < -0.3 is 20.4 Å². The number of H-pyrrole nitrogens is 2. The van der Waals surface area contributed by atoms with Crippen LogP contribution in [0.4, 0.5) is 0 Å². The molecule has 0 saturated heterocycles. The molecule has 0 radical (unpaired) electrons. The number of aliphatic hydroxyl groups is 1. The average Bonchev–Trinajstić information content (AvgIpc) is 3.38. The Balaban J connectivity index is 1.71. The second kappa shape index (κ2) is 5.49. The molecule has 6 heteroatoms. The topological polar surface area (TPSA) is 93.3 Å². The number of aliphatic hydroxyl groups excluding tert-OH is 1. The second-order valence-electron chi connectivity index (χ2n) is 6.54. The van der Waals surface area contributed by atoms with Crippen molar-refractivity contribution in [1.29, 1.82) is 0 Å². The molecule has 0 saturated carbocycles. The molecule has 4 N–H and O–H groups in total. The highest BCUT2D eigenvalue weighted by Gasteiger charge is 2.27. The summed E-state index contributed by atoms with van der Waals surface area (Å²) in [5.74, 6) is -0.684. The lowest BCUT2D eigenvalue weighted by Crippen LogP contribution is -2.11. The summed E-state index contributed by atoms with van der Waals surface area (Å²) in [6.45, 7) is 0. The van der Waals surface area contributed by atoms with Crippen molar-refractivity contribution in [3.8, 4) is 0 Å². The van der Waals surface area contributed by atoms with Gasteiger partial charge in [0.15, 0.2) is 5.76 Å². The summed E-state index contributed by atoms with van der Waals surface area (Å²) in [5.41, 5.74) is 4.24. The van der Waals surface area contributed by atoms with Gasteiger partial charge in [0.05, 0.1) is 11.4 Å². The molecule has 0 amide bonds. The lowest BCUT2D eigenvalue weighted by atomic mass is 10.2. The van der Waals surface area contributed by atoms with Gasteiger partial charge in [-0.05, 0) is 61.4 Å². The number of allylic oxidation sites excluding steroid dienone is 2. The standard InChI is InChI=1S/C20H16N4O2/c25-19-17-9-15-5-3-13(22-15)7-11-1-2-12(21-11)8-14-4-6-16(23-14)10-18(24-17)20(19)26/h1-3,5,7-10,21-22,24,26H,4,6H2. The number of aliphatic imine (C=N–C) groups is 1. The first-order chi connectivity index (χ1) is 12.6. The summed E-state index contributed by atoms with van der Waals surface area (Å²) in [5, 5.41) is 15.1. The van der Waals surface area contributed by atoms with Crippen molar-refractivity contribution in [1.82, 2.24) is 15.3 Å². The van der Waals surface area contributed by atoms with E-state index in [4.69, 9.17) is 0 Å². The number of fused-ring (bicyclic) bond motifs is 7. The fourth-order valence-corrected chi connectivity index (χ4v) is 3.34. The number of nitrogens with zero attached hydrogens (tertiary/aromatic N) is 1. The van der Waals surface area contributed by atoms with E-state index in [0.29, 0.717) is 11.4 Å². The van der Waals surface area contributed by atoms with Crippen molar-refractivity contribution < 1.29 is 9.90 Å². The molecule has 128 valence electrons. The van der Waals surface area contributed by atoms with E-state index in [9.17, 15) is 9.90 Å². The fourth-order valence-electron chi connectivity index (χ4n) is 3.34. The molecule has 26 heavy (non-hydrogen) atoms. The van der Waals surface area contributed by atoms with Crippen LogP contribution in [0.25, 0.3) is 18.2 Å². The number of aromatic amines is 2. The van der Waals surface area contributed by atoms with E-state index in [0.717, 1.165) is 46.3 Å². The smallest absolute Gasteiger partial charge is 0.245 e. The summed E-state index contributed by atoms with van der Waals surface area (Å²) < 4.78 is 0. The highest BCUT2D eigenvalue weighted by Crippen LogP contribution is 2.24. The number of nitrogens with one attached hydrogen (secondary N) is 3. The molecule has 6 nitrogen and oxygen atoms in total. The Bertz CT molecular complexity index is 1180. The van der Waals surface area contributed by atoms with Gasteiger partial charge in [0.2, 0.25) is 5.78 Å². The van der Waals surface area contributed by atoms with Crippen LogP contribution in [-0.2, 0) is 4.79 Å². The Morgan fingerprint density at radius 3 is 2.50 bits per heavy atom. The number of ketones is 1. The van der Waals surface area contributed by atoms with Gasteiger partial charge >= 0.3 is 0 Å². The summed E-state index contributed by atoms with van der Waals surface area (Å²) >= 11 is 0. The van der Waals surface area contributed by atoms with Crippen LogP contribution >= 0.6 is 0 Å². The molecule has 8 bridgehead atoms. The van der Waals surface area contributed by atoms with Crippen LogP contribution < -0.4 is 16.0 Å². The van der Waals surface area contributed by atoms with Gasteiger partial charge in [-0.25, -0.2) is 0 Å². The Kier molecular flexibility index (Phi) is 3.12. The maximum Gasteiger partial charge on any atom is 0.245 e. The van der Waals surface area contributed by atoms with Gasteiger partial charge in [-0.15, -0.1) is 0 Å². The largest absolute Gasteiger partial charge is 0.503 e. The quantitative estimate of drug-likeness (QED) is 0.581. The van der Waals surface area contributed by atoms with E-state index >= 15 is 0 Å². The minimum absolute atomic E-state index is 0.271. The molecule has 2 aromatic heterocycles. The summed E-state index contributed by atoms with van der Waals surface area (Å²) in [7, 11) is 0. The Morgan fingerprint density at radius 2 is 1.65 bits per heavy atom. The van der Waals surface area contributed by atoms with Gasteiger partial charge in [0.1, 0.15) is 0 Å². The van der Waals surface area contributed by atoms with Crippen molar-refractivity contribution in [2.75, 3.05) is 0 Å². The van der Waals surface area contributed by atoms with E-state index in [1.807, 2.05) is 36.4 Å². The second-order valence-corrected chi connectivity index (χ2v) is 6.54. The minimum Gasteiger partial charge on any atom is -0.503 e. The van der Waals surface area contributed by atoms with Crippen LogP contribution in [-0.4, -0.2) is 26.6 Å². The number of carbonyl (C=O) groups excluding carboxylic acids is 1. The predicted octanol–water partition coefficient (Wildman–Crippen LogP) is 1.37. The molecule has 0 spiro atoms. The number of hydrogen-bond donors (Lipinski definition) is 4. The lowest BCUT2D eigenvalue weighted by molar-refractivity contribution is -0.114. The molecule has 2 aromatic rings. The highest BCUT2D eigenvalue weighted by molar-refractivity contribution is 6.13. The van der Waals surface area contributed by atoms with Crippen molar-refractivity contribution in [3.63, 3.8) is 0 Å². The van der Waals surface area contributed by atoms with E-state index in [1.54, 1.807) is 12.2 Å². The van der Waals surface area contributed by atoms with E-state index in [-0.39, 0.29) is 5.76 Å². The number of carbonyl (C=O) groups is 1. The van der Waals surface area contributed by atoms with Gasteiger partial charge in [0.25, 0.3) is 0 Å². The third-order valence-electron chi connectivity index (χ3n) is 4.61. The van der Waals surface area contributed by atoms with Crippen LogP contribution in [0.2, 0.25) is 0 Å². The van der Waals surface area contributed by atoms with Crippen LogP contribution in [0.15, 0.2) is 58.2 Å². The number of hydrogen-bond acceptors (Lipinski definition) is 4. The first-order valence-corrected chi connectivity index (χ1v) is 8.46. The van der Waals surface area contributed by atoms with Crippen LogP contribution in [0.5, 0.6) is 0 Å². The van der Waals surface area contributed by atoms with E-state index < -0.39 is 5.78 Å². The molecule has 0 atom stereocenters. The van der Waals surface area contributed by atoms with Crippen molar-refractivity contribution >= 4 is 29.7 Å². The van der Waals surface area contributed by atoms with Gasteiger partial charge in [-0.3, -0.25) is 9.79 Å². The Morgan fingerprint density at radius 1 is 0.885 bits per heavy atom. The zero-order valence-electron chi connectivity index (χ0n) is 13.8. The number of aromatic nitrogens is 2. The molecule has 0 fully saturated rings. The van der Waals surface area contributed by atoms with Crippen molar-refractivity contribution in [2.24, 2.45) is 4.99 Å². The SMILES string of the molecule is O=C1C2=Cc3ccc([nH]3)C=c3ccc([nH]3)=CC3=NC(=CC(=C1O)N2)CC3. The van der Waals surface area contributed by atoms with Crippen molar-refractivity contribution in [2.45, 2.75) is 12.8 Å². The third-order valence-corrected chi connectivity index (χ3v) is 4.61. The normalized spacial score (nSPS) is 18.6. The molecule has 5 heterocycles. The Hall–Kier alpha value is -3.54. The number of Topliss-reactive ketones (excluding diaryl/α,β-unsaturated/α-hetero) is 1. The van der Waals surface area contributed by atoms with Crippen molar-refractivity contribution in [3.05, 3.63) is 75.3 Å². The first kappa shape index (κ1) is 14.8. The highest BCUT2D eigenvalue weighted by atomic mass is 16.3. The molecule has 0 aliphatic carbocycles. The van der Waals surface area contributed by atoms with Gasteiger partial charge in [0, 0.05) is 33.5 Å². The molecule has 0 aromatic carbocycles. The monoisotopic (exact) mass is 344 g/mol. The van der Waals surface area contributed by atoms with Gasteiger partial charge in [-0.2, -0.15) is 0 Å². The van der Waals surface area contributed by atoms with Crippen LogP contribution in [0, 0.1) is 0 Å². The van der Waals surface area contributed by atoms with E-state index in [2.05, 4.69) is 20.3 Å². The summed E-state index contributed by atoms with van der Waals surface area (Å²) in [6, 6.07) is 7.88. The maximum absolute atomic E-state index is 12.3. The molecular formula is C20H16N4O2. The molecular weight excluding hydrogens is 328 g/mol. The summed E-state index contributed by atoms with van der Waals surface area (Å²) in [4.78, 5) is 23.5. The number of rotatable bonds is 0. The molecule has 3 aliphatic heterocycles. The van der Waals surface area contributed by atoms with Gasteiger partial charge in [-0.1, -0.05) is 0 Å². The van der Waals surface area contributed by atoms with Crippen LogP contribution in [0.3, 0.4) is 0 Å². The maximum atomic E-state index is 12.3. The predicted molar refractivity (Wildman–Crippen MR) is 99.4 cm³/mol. The lowest BCUT2D eigenvalue weighted by Gasteiger charge is -2.00. The zero-order valence-corrected chi connectivity index (χ0v) is 13.8. The average molecular weight is 344 g/mol. The molecule has 3 aliphatic rings. The first-order valence-electron chi connectivity index (χ1n) is 8.46.